The number of nitrogens with zero attached hydrogens (tertiary/aromatic N) is 1. The smallest absolute Gasteiger partial charge is 0.481 e. The SMILES string of the molecule is COc1cc(-c2ccc(OC(F)(F)F)cc2)c(C(F)(F)F)cn1. The Morgan fingerprint density at radius 1 is 0.957 bits per heavy atom. The van der Waals surface area contributed by atoms with Crippen molar-refractivity contribution >= 4 is 0 Å². The van der Waals surface area contributed by atoms with Crippen molar-refractivity contribution in [2.45, 2.75) is 12.5 Å². The maximum Gasteiger partial charge on any atom is 0.573 e. The van der Waals surface area contributed by atoms with Crippen molar-refractivity contribution in [2.24, 2.45) is 0 Å². The number of halogens is 6. The monoisotopic (exact) mass is 337 g/mol. The molecule has 0 aliphatic carbocycles. The van der Waals surface area contributed by atoms with Crippen LogP contribution >= 0.6 is 0 Å². The number of benzene rings is 1. The van der Waals surface area contributed by atoms with Gasteiger partial charge in [0.25, 0.3) is 0 Å². The first-order valence-corrected chi connectivity index (χ1v) is 6.07. The van der Waals surface area contributed by atoms with Crippen molar-refractivity contribution in [1.29, 1.82) is 0 Å². The number of pyridine rings is 1. The van der Waals surface area contributed by atoms with E-state index in [1.807, 2.05) is 0 Å². The molecule has 1 aromatic heterocycles. The van der Waals surface area contributed by atoms with Crippen LogP contribution in [0.4, 0.5) is 26.3 Å². The zero-order valence-electron chi connectivity index (χ0n) is 11.5. The fourth-order valence-corrected chi connectivity index (χ4v) is 1.85. The summed E-state index contributed by atoms with van der Waals surface area (Å²) >= 11 is 0. The van der Waals surface area contributed by atoms with Crippen LogP contribution in [-0.2, 0) is 6.18 Å². The molecule has 2 aromatic rings. The largest absolute Gasteiger partial charge is 0.573 e. The molecule has 124 valence electrons. The van der Waals surface area contributed by atoms with Gasteiger partial charge in [-0.2, -0.15) is 13.2 Å². The summed E-state index contributed by atoms with van der Waals surface area (Å²) in [6.07, 6.45) is -8.94. The molecule has 0 saturated carbocycles. The Balaban J connectivity index is 2.44. The van der Waals surface area contributed by atoms with E-state index in [0.717, 1.165) is 30.3 Å². The molecule has 3 nitrogen and oxygen atoms in total. The van der Waals surface area contributed by atoms with Crippen molar-refractivity contribution < 1.29 is 35.8 Å². The van der Waals surface area contributed by atoms with Crippen LogP contribution < -0.4 is 9.47 Å². The number of ether oxygens (including phenoxy) is 2. The van der Waals surface area contributed by atoms with E-state index in [9.17, 15) is 26.3 Å². The number of rotatable bonds is 3. The molecule has 0 N–H and O–H groups in total. The quantitative estimate of drug-likeness (QED) is 0.763. The Kier molecular flexibility index (Phi) is 4.39. The first-order chi connectivity index (χ1) is 10.6. The van der Waals surface area contributed by atoms with Crippen LogP contribution in [0.3, 0.4) is 0 Å². The summed E-state index contributed by atoms with van der Waals surface area (Å²) in [5, 5.41) is 0. The van der Waals surface area contributed by atoms with Gasteiger partial charge in [0.05, 0.1) is 12.7 Å². The fraction of sp³-hybridized carbons (Fsp3) is 0.214. The van der Waals surface area contributed by atoms with E-state index in [-0.39, 0.29) is 17.0 Å². The van der Waals surface area contributed by atoms with Crippen LogP contribution in [0.25, 0.3) is 11.1 Å². The third kappa shape index (κ3) is 4.27. The highest BCUT2D eigenvalue weighted by atomic mass is 19.4. The summed E-state index contributed by atoms with van der Waals surface area (Å²) in [6, 6.07) is 5.09. The average molecular weight is 337 g/mol. The van der Waals surface area contributed by atoms with Crippen molar-refractivity contribution in [3.05, 3.63) is 42.1 Å². The van der Waals surface area contributed by atoms with Crippen molar-refractivity contribution in [3.63, 3.8) is 0 Å². The lowest BCUT2D eigenvalue weighted by Gasteiger charge is -2.14. The fourth-order valence-electron chi connectivity index (χ4n) is 1.85. The molecule has 0 atom stereocenters. The Morgan fingerprint density at radius 3 is 2.04 bits per heavy atom. The number of hydrogen-bond donors (Lipinski definition) is 0. The second-order valence-electron chi connectivity index (χ2n) is 4.34. The minimum Gasteiger partial charge on any atom is -0.481 e. The molecule has 0 amide bonds. The van der Waals surface area contributed by atoms with Crippen molar-refractivity contribution in [3.8, 4) is 22.8 Å². The first kappa shape index (κ1) is 16.9. The molecule has 1 heterocycles. The Hall–Kier alpha value is -2.45. The van der Waals surface area contributed by atoms with Crippen LogP contribution in [0.15, 0.2) is 36.5 Å². The molecular formula is C14H9F6NO2. The van der Waals surface area contributed by atoms with E-state index < -0.39 is 23.9 Å². The van der Waals surface area contributed by atoms with Crippen LogP contribution in [-0.4, -0.2) is 18.5 Å². The Labute approximate surface area is 126 Å². The predicted molar refractivity (Wildman–Crippen MR) is 67.9 cm³/mol. The Bertz CT molecular complexity index is 679. The van der Waals surface area contributed by atoms with Gasteiger partial charge in [0.1, 0.15) is 5.75 Å². The highest BCUT2D eigenvalue weighted by Crippen LogP contribution is 2.38. The van der Waals surface area contributed by atoms with Gasteiger partial charge in [-0.1, -0.05) is 12.1 Å². The second-order valence-corrected chi connectivity index (χ2v) is 4.34. The highest BCUT2D eigenvalue weighted by Gasteiger charge is 2.35. The molecule has 0 fully saturated rings. The maximum absolute atomic E-state index is 13.0. The molecule has 23 heavy (non-hydrogen) atoms. The first-order valence-electron chi connectivity index (χ1n) is 6.07. The van der Waals surface area contributed by atoms with E-state index in [4.69, 9.17) is 4.74 Å². The minimum absolute atomic E-state index is 0.0487. The third-order valence-corrected chi connectivity index (χ3v) is 2.79. The number of hydrogen-bond acceptors (Lipinski definition) is 3. The van der Waals surface area contributed by atoms with E-state index in [1.165, 1.54) is 7.11 Å². The number of aromatic nitrogens is 1. The molecule has 0 spiro atoms. The molecular weight excluding hydrogens is 328 g/mol. The van der Waals surface area contributed by atoms with Gasteiger partial charge in [0.2, 0.25) is 5.88 Å². The molecule has 0 radical (unpaired) electrons. The lowest BCUT2D eigenvalue weighted by Crippen LogP contribution is -2.17. The van der Waals surface area contributed by atoms with Gasteiger partial charge in [-0.15, -0.1) is 13.2 Å². The molecule has 0 aliphatic heterocycles. The van der Waals surface area contributed by atoms with E-state index in [1.54, 1.807) is 0 Å². The molecule has 9 heteroatoms. The number of alkyl halides is 6. The summed E-state index contributed by atoms with van der Waals surface area (Å²) in [6.45, 7) is 0. The maximum atomic E-state index is 13.0. The van der Waals surface area contributed by atoms with Gasteiger partial charge >= 0.3 is 12.5 Å². The molecule has 0 bridgehead atoms. The zero-order chi connectivity index (χ0) is 17.3. The predicted octanol–water partition coefficient (Wildman–Crippen LogP) is 4.67. The van der Waals surface area contributed by atoms with Crippen molar-refractivity contribution in [1.82, 2.24) is 4.98 Å². The molecule has 0 unspecified atom stereocenters. The number of methoxy groups -OCH3 is 1. The highest BCUT2D eigenvalue weighted by molar-refractivity contribution is 5.69. The zero-order valence-corrected chi connectivity index (χ0v) is 11.5. The summed E-state index contributed by atoms with van der Waals surface area (Å²) in [5.74, 6) is -0.584. The molecule has 2 rings (SSSR count). The topological polar surface area (TPSA) is 31.4 Å². The summed E-state index contributed by atoms with van der Waals surface area (Å²) < 4.78 is 83.8. The van der Waals surface area contributed by atoms with Crippen molar-refractivity contribution in [2.75, 3.05) is 7.11 Å². The van der Waals surface area contributed by atoms with Gasteiger partial charge in [0.15, 0.2) is 0 Å². The van der Waals surface area contributed by atoms with Gasteiger partial charge in [-0.3, -0.25) is 0 Å². The van der Waals surface area contributed by atoms with Gasteiger partial charge in [-0.05, 0) is 17.7 Å². The summed E-state index contributed by atoms with van der Waals surface area (Å²) in [5.41, 5.74) is -1.24. The summed E-state index contributed by atoms with van der Waals surface area (Å²) in [7, 11) is 1.24. The molecule has 0 saturated heterocycles. The second kappa shape index (κ2) is 5.98. The normalized spacial score (nSPS) is 12.1. The van der Waals surface area contributed by atoms with Crippen LogP contribution in [0, 0.1) is 0 Å². The van der Waals surface area contributed by atoms with E-state index in [0.29, 0.717) is 6.20 Å². The van der Waals surface area contributed by atoms with Gasteiger partial charge in [0, 0.05) is 17.8 Å². The van der Waals surface area contributed by atoms with E-state index in [2.05, 4.69) is 9.72 Å². The minimum atomic E-state index is -4.88. The van der Waals surface area contributed by atoms with Crippen LogP contribution in [0.5, 0.6) is 11.6 Å². The van der Waals surface area contributed by atoms with Gasteiger partial charge < -0.3 is 9.47 Å². The lowest BCUT2D eigenvalue weighted by molar-refractivity contribution is -0.274. The van der Waals surface area contributed by atoms with Crippen LogP contribution in [0.1, 0.15) is 5.56 Å². The Morgan fingerprint density at radius 2 is 1.57 bits per heavy atom. The summed E-state index contributed by atoms with van der Waals surface area (Å²) in [4.78, 5) is 3.50. The lowest BCUT2D eigenvalue weighted by atomic mass is 10.0. The van der Waals surface area contributed by atoms with Gasteiger partial charge in [-0.25, -0.2) is 4.98 Å². The average Bonchev–Trinajstić information content (AvgIpc) is 2.45. The third-order valence-electron chi connectivity index (χ3n) is 2.79. The molecule has 0 aliphatic rings. The van der Waals surface area contributed by atoms with Crippen LogP contribution in [0.2, 0.25) is 0 Å². The molecule has 1 aromatic carbocycles. The standard InChI is InChI=1S/C14H9F6NO2/c1-22-12-6-10(11(7-21-12)13(15,16)17)8-2-4-9(5-3-8)23-14(18,19)20/h2-7H,1H3. The van der Waals surface area contributed by atoms with E-state index >= 15 is 0 Å².